The number of carbonyl (C=O) groups excluding carboxylic acids is 1. The van der Waals surface area contributed by atoms with Gasteiger partial charge in [-0.2, -0.15) is 0 Å². The topological polar surface area (TPSA) is 61.8 Å². The number of nitrogens with zero attached hydrogens (tertiary/aromatic N) is 1. The zero-order valence-corrected chi connectivity index (χ0v) is 11.6. The van der Waals surface area contributed by atoms with Gasteiger partial charge in [-0.25, -0.2) is 0 Å². The molecule has 1 aliphatic rings. The van der Waals surface area contributed by atoms with E-state index in [1.807, 2.05) is 30.3 Å². The van der Waals surface area contributed by atoms with Crippen molar-refractivity contribution >= 4 is 5.91 Å². The Hall–Kier alpha value is -1.59. The van der Waals surface area contributed by atoms with Crippen molar-refractivity contribution in [3.63, 3.8) is 0 Å². The molecule has 1 aromatic carbocycles. The second kappa shape index (κ2) is 7.87. The summed E-state index contributed by atoms with van der Waals surface area (Å²) in [6, 6.07) is 9.62. The minimum absolute atomic E-state index is 0.0106. The molecule has 20 heavy (non-hydrogen) atoms. The maximum atomic E-state index is 12.2. The van der Waals surface area contributed by atoms with Crippen LogP contribution in [0.5, 0.6) is 5.75 Å². The predicted octanol–water partition coefficient (Wildman–Crippen LogP) is 0.638. The van der Waals surface area contributed by atoms with Gasteiger partial charge in [0.1, 0.15) is 5.75 Å². The molecule has 0 bridgehead atoms. The lowest BCUT2D eigenvalue weighted by Crippen LogP contribution is -2.44. The first-order valence-corrected chi connectivity index (χ1v) is 7.09. The molecule has 1 aliphatic heterocycles. The van der Waals surface area contributed by atoms with E-state index in [1.54, 1.807) is 4.90 Å². The second-order valence-corrected chi connectivity index (χ2v) is 4.96. The van der Waals surface area contributed by atoms with E-state index in [-0.39, 0.29) is 19.1 Å². The number of ether oxygens (including phenoxy) is 1. The van der Waals surface area contributed by atoms with Crippen molar-refractivity contribution in [3.05, 3.63) is 30.3 Å². The van der Waals surface area contributed by atoms with Crippen molar-refractivity contribution in [3.8, 4) is 5.75 Å². The Morgan fingerprint density at radius 3 is 2.85 bits per heavy atom. The summed E-state index contributed by atoms with van der Waals surface area (Å²) in [5.41, 5.74) is 0. The van der Waals surface area contributed by atoms with Crippen LogP contribution < -0.4 is 10.1 Å². The number of aliphatic hydroxyl groups is 1. The highest BCUT2D eigenvalue weighted by molar-refractivity contribution is 5.77. The number of benzene rings is 1. The van der Waals surface area contributed by atoms with Crippen LogP contribution >= 0.6 is 0 Å². The van der Waals surface area contributed by atoms with Crippen LogP contribution in [0.2, 0.25) is 0 Å². The maximum Gasteiger partial charge on any atom is 0.260 e. The van der Waals surface area contributed by atoms with Crippen molar-refractivity contribution < 1.29 is 14.6 Å². The fourth-order valence-electron chi connectivity index (χ4n) is 2.37. The molecular weight excluding hydrogens is 256 g/mol. The van der Waals surface area contributed by atoms with Crippen LogP contribution in [-0.4, -0.2) is 54.8 Å². The molecule has 110 valence electrons. The third-order valence-electron chi connectivity index (χ3n) is 3.43. The molecule has 1 fully saturated rings. The van der Waals surface area contributed by atoms with Crippen LogP contribution in [0.25, 0.3) is 0 Å². The van der Waals surface area contributed by atoms with Gasteiger partial charge in [-0.3, -0.25) is 4.79 Å². The van der Waals surface area contributed by atoms with Gasteiger partial charge in [0.2, 0.25) is 0 Å². The number of carbonyl (C=O) groups is 1. The number of aliphatic hydroxyl groups excluding tert-OH is 1. The Bertz CT molecular complexity index is 405. The highest BCUT2D eigenvalue weighted by Gasteiger charge is 2.21. The molecule has 1 unspecified atom stereocenters. The molecule has 0 saturated carbocycles. The molecule has 2 N–H and O–H groups in total. The molecule has 1 amide bonds. The first kappa shape index (κ1) is 14.8. The molecule has 0 aliphatic carbocycles. The van der Waals surface area contributed by atoms with E-state index in [1.165, 1.54) is 0 Å². The Morgan fingerprint density at radius 2 is 2.20 bits per heavy atom. The molecule has 1 aromatic rings. The average Bonchev–Trinajstić information content (AvgIpc) is 2.98. The molecule has 2 rings (SSSR count). The number of para-hydroxylation sites is 1. The summed E-state index contributed by atoms with van der Waals surface area (Å²) >= 11 is 0. The van der Waals surface area contributed by atoms with Crippen molar-refractivity contribution in [1.29, 1.82) is 0 Å². The number of amides is 1. The normalized spacial score (nSPS) is 17.9. The molecule has 1 atom stereocenters. The van der Waals surface area contributed by atoms with Crippen molar-refractivity contribution in [2.24, 2.45) is 0 Å². The summed E-state index contributed by atoms with van der Waals surface area (Å²) in [5.74, 6) is 0.598. The van der Waals surface area contributed by atoms with E-state index in [9.17, 15) is 4.79 Å². The Morgan fingerprint density at radius 1 is 1.40 bits per heavy atom. The fraction of sp³-hybridized carbons (Fsp3) is 0.533. The minimum Gasteiger partial charge on any atom is -0.484 e. The lowest BCUT2D eigenvalue weighted by atomic mass is 10.2. The van der Waals surface area contributed by atoms with E-state index >= 15 is 0 Å². The third kappa shape index (κ3) is 4.51. The van der Waals surface area contributed by atoms with Gasteiger partial charge in [-0.1, -0.05) is 18.2 Å². The summed E-state index contributed by atoms with van der Waals surface area (Å²) in [5, 5.41) is 12.4. The van der Waals surface area contributed by atoms with E-state index in [4.69, 9.17) is 9.84 Å². The van der Waals surface area contributed by atoms with Crippen LogP contribution in [0.4, 0.5) is 0 Å². The van der Waals surface area contributed by atoms with Crippen LogP contribution in [0.3, 0.4) is 0 Å². The number of rotatable bonds is 7. The summed E-state index contributed by atoms with van der Waals surface area (Å²) in [6.07, 6.45) is 2.22. The van der Waals surface area contributed by atoms with E-state index in [0.717, 1.165) is 19.4 Å². The summed E-state index contributed by atoms with van der Waals surface area (Å²) in [6.45, 7) is 1.99. The van der Waals surface area contributed by atoms with Crippen molar-refractivity contribution in [2.75, 3.05) is 32.8 Å². The van der Waals surface area contributed by atoms with Gasteiger partial charge in [0.25, 0.3) is 5.91 Å². The lowest BCUT2D eigenvalue weighted by molar-refractivity contribution is -0.134. The molecule has 0 radical (unpaired) electrons. The maximum absolute atomic E-state index is 12.2. The standard InChI is InChI=1S/C15H22N2O3/c18-10-9-17(11-13-5-4-8-16-13)15(19)12-20-14-6-2-1-3-7-14/h1-3,6-7,13,16,18H,4-5,8-12H2. The SMILES string of the molecule is O=C(COc1ccccc1)N(CCO)CC1CCCN1. The van der Waals surface area contributed by atoms with Crippen LogP contribution in [0.15, 0.2) is 30.3 Å². The van der Waals surface area contributed by atoms with Gasteiger partial charge in [-0.05, 0) is 31.5 Å². The van der Waals surface area contributed by atoms with Crippen molar-refractivity contribution in [2.45, 2.75) is 18.9 Å². The van der Waals surface area contributed by atoms with Crippen molar-refractivity contribution in [1.82, 2.24) is 10.2 Å². The van der Waals surface area contributed by atoms with Gasteiger partial charge in [-0.15, -0.1) is 0 Å². The predicted molar refractivity (Wildman–Crippen MR) is 76.6 cm³/mol. The van der Waals surface area contributed by atoms with Gasteiger partial charge >= 0.3 is 0 Å². The summed E-state index contributed by atoms with van der Waals surface area (Å²) < 4.78 is 5.47. The van der Waals surface area contributed by atoms with Crippen LogP contribution in [-0.2, 0) is 4.79 Å². The van der Waals surface area contributed by atoms with E-state index in [2.05, 4.69) is 5.32 Å². The van der Waals surface area contributed by atoms with Crippen LogP contribution in [0, 0.1) is 0 Å². The minimum atomic E-state index is -0.0865. The Kier molecular flexibility index (Phi) is 5.83. The Balaban J connectivity index is 1.82. The van der Waals surface area contributed by atoms with E-state index < -0.39 is 0 Å². The third-order valence-corrected chi connectivity index (χ3v) is 3.43. The van der Waals surface area contributed by atoms with Gasteiger partial charge in [0, 0.05) is 19.1 Å². The molecule has 1 saturated heterocycles. The smallest absolute Gasteiger partial charge is 0.260 e. The molecule has 1 heterocycles. The van der Waals surface area contributed by atoms with Gasteiger partial charge in [0.15, 0.2) is 6.61 Å². The number of hydrogen-bond acceptors (Lipinski definition) is 4. The monoisotopic (exact) mass is 278 g/mol. The molecule has 0 spiro atoms. The summed E-state index contributed by atoms with van der Waals surface area (Å²) in [4.78, 5) is 13.8. The number of hydrogen-bond donors (Lipinski definition) is 2. The zero-order chi connectivity index (χ0) is 14.2. The van der Waals surface area contributed by atoms with Gasteiger partial charge < -0.3 is 20.1 Å². The van der Waals surface area contributed by atoms with Gasteiger partial charge in [0.05, 0.1) is 6.61 Å². The highest BCUT2D eigenvalue weighted by atomic mass is 16.5. The average molecular weight is 278 g/mol. The Labute approximate surface area is 119 Å². The molecule has 0 aromatic heterocycles. The lowest BCUT2D eigenvalue weighted by Gasteiger charge is -2.25. The fourth-order valence-corrected chi connectivity index (χ4v) is 2.37. The quantitative estimate of drug-likeness (QED) is 0.768. The molecule has 5 nitrogen and oxygen atoms in total. The first-order chi connectivity index (χ1) is 9.79. The molecular formula is C15H22N2O3. The molecule has 5 heteroatoms. The summed E-state index contributed by atoms with van der Waals surface area (Å²) in [7, 11) is 0. The zero-order valence-electron chi connectivity index (χ0n) is 11.6. The van der Waals surface area contributed by atoms with E-state index in [0.29, 0.717) is 24.9 Å². The highest BCUT2D eigenvalue weighted by Crippen LogP contribution is 2.10. The first-order valence-electron chi connectivity index (χ1n) is 7.09. The second-order valence-electron chi connectivity index (χ2n) is 4.96. The van der Waals surface area contributed by atoms with Crippen LogP contribution in [0.1, 0.15) is 12.8 Å². The largest absolute Gasteiger partial charge is 0.484 e. The number of nitrogens with one attached hydrogen (secondary N) is 1.